The lowest BCUT2D eigenvalue weighted by Gasteiger charge is -2.03. The summed E-state index contributed by atoms with van der Waals surface area (Å²) in [4.78, 5) is 26.1. The molecule has 0 saturated heterocycles. The van der Waals surface area contributed by atoms with Crippen LogP contribution in [0.15, 0.2) is 29.0 Å². The molecule has 1 N–H and O–H groups in total. The number of carbonyl (C=O) groups is 1. The normalized spacial score (nSPS) is 10.3. The second-order valence-corrected chi connectivity index (χ2v) is 4.79. The highest BCUT2D eigenvalue weighted by Crippen LogP contribution is 2.25. The van der Waals surface area contributed by atoms with E-state index in [1.54, 1.807) is 7.05 Å². The van der Waals surface area contributed by atoms with Gasteiger partial charge in [0.15, 0.2) is 5.82 Å². The molecule has 0 bridgehead atoms. The first-order valence-corrected chi connectivity index (χ1v) is 6.33. The predicted molar refractivity (Wildman–Crippen MR) is 73.0 cm³/mol. The number of nitrogens with zero attached hydrogens (tertiary/aromatic N) is 4. The molecule has 0 aliphatic heterocycles. The van der Waals surface area contributed by atoms with Gasteiger partial charge in [-0.25, -0.2) is 4.98 Å². The lowest BCUT2D eigenvalue weighted by molar-refractivity contribution is -0.385. The number of nitro benzene ring substituents is 1. The molecule has 2 aromatic rings. The monoisotopic (exact) mass is 339 g/mol. The van der Waals surface area contributed by atoms with Crippen LogP contribution in [0.25, 0.3) is 0 Å². The summed E-state index contributed by atoms with van der Waals surface area (Å²) in [6.45, 7) is 0.156. The van der Waals surface area contributed by atoms with Gasteiger partial charge in [0, 0.05) is 18.7 Å². The third-order valence-corrected chi connectivity index (χ3v) is 3.13. The zero-order chi connectivity index (χ0) is 14.7. The molecule has 0 aliphatic rings. The molecule has 0 fully saturated rings. The van der Waals surface area contributed by atoms with Gasteiger partial charge in [0.05, 0.1) is 15.9 Å². The van der Waals surface area contributed by atoms with E-state index in [0.29, 0.717) is 10.3 Å². The van der Waals surface area contributed by atoms with Crippen molar-refractivity contribution in [1.82, 2.24) is 20.1 Å². The van der Waals surface area contributed by atoms with Crippen LogP contribution in [0.4, 0.5) is 5.69 Å². The molecule has 0 unspecified atom stereocenters. The fraction of sp³-hybridized carbons (Fsp3) is 0.182. The van der Waals surface area contributed by atoms with Crippen molar-refractivity contribution in [3.05, 3.63) is 50.5 Å². The Balaban J connectivity index is 2.09. The number of aromatic nitrogens is 3. The SMILES string of the molecule is Cn1cnc(CNC(=O)c2ccc(Br)c([N+](=O)[O-])c2)n1. The van der Waals surface area contributed by atoms with Gasteiger partial charge in [0.25, 0.3) is 11.6 Å². The van der Waals surface area contributed by atoms with Crippen LogP contribution in [-0.4, -0.2) is 25.6 Å². The van der Waals surface area contributed by atoms with Crippen molar-refractivity contribution in [2.45, 2.75) is 6.54 Å². The van der Waals surface area contributed by atoms with E-state index in [0.717, 1.165) is 0 Å². The first kappa shape index (κ1) is 14.1. The second-order valence-electron chi connectivity index (χ2n) is 3.94. The summed E-state index contributed by atoms with van der Waals surface area (Å²) in [7, 11) is 1.72. The molecular weight excluding hydrogens is 330 g/mol. The van der Waals surface area contributed by atoms with E-state index in [4.69, 9.17) is 0 Å². The summed E-state index contributed by atoms with van der Waals surface area (Å²) in [5, 5.41) is 17.4. The number of nitro groups is 1. The van der Waals surface area contributed by atoms with Gasteiger partial charge in [0.1, 0.15) is 6.33 Å². The van der Waals surface area contributed by atoms with Gasteiger partial charge in [-0.1, -0.05) is 0 Å². The highest BCUT2D eigenvalue weighted by atomic mass is 79.9. The summed E-state index contributed by atoms with van der Waals surface area (Å²) in [6.07, 6.45) is 1.52. The van der Waals surface area contributed by atoms with Crippen molar-refractivity contribution >= 4 is 27.5 Å². The Bertz CT molecular complexity index is 670. The third-order valence-electron chi connectivity index (χ3n) is 2.46. The number of rotatable bonds is 4. The Morgan fingerprint density at radius 3 is 2.90 bits per heavy atom. The summed E-state index contributed by atoms with van der Waals surface area (Å²) >= 11 is 3.06. The van der Waals surface area contributed by atoms with Gasteiger partial charge in [-0.05, 0) is 28.1 Å². The highest BCUT2D eigenvalue weighted by molar-refractivity contribution is 9.10. The number of aryl methyl sites for hydroxylation is 1. The van der Waals surface area contributed by atoms with Crippen LogP contribution in [0.5, 0.6) is 0 Å². The highest BCUT2D eigenvalue weighted by Gasteiger charge is 2.16. The topological polar surface area (TPSA) is 103 Å². The number of benzene rings is 1. The van der Waals surface area contributed by atoms with Crippen molar-refractivity contribution in [3.63, 3.8) is 0 Å². The number of hydrogen-bond acceptors (Lipinski definition) is 5. The standard InChI is InChI=1S/C11H10BrN5O3/c1-16-6-14-10(15-16)5-13-11(18)7-2-3-8(12)9(4-7)17(19)20/h2-4,6H,5H2,1H3,(H,13,18). The molecule has 8 nitrogen and oxygen atoms in total. The maximum Gasteiger partial charge on any atom is 0.284 e. The van der Waals surface area contributed by atoms with Crippen molar-refractivity contribution in [1.29, 1.82) is 0 Å². The van der Waals surface area contributed by atoms with Crippen molar-refractivity contribution in [2.75, 3.05) is 0 Å². The van der Waals surface area contributed by atoms with E-state index in [1.165, 1.54) is 29.2 Å². The molecule has 0 aliphatic carbocycles. The summed E-state index contributed by atoms with van der Waals surface area (Å²) in [5.41, 5.74) is 0.0458. The zero-order valence-corrected chi connectivity index (χ0v) is 12.0. The average Bonchev–Trinajstić information content (AvgIpc) is 2.82. The number of halogens is 1. The van der Waals surface area contributed by atoms with Gasteiger partial charge in [-0.3, -0.25) is 19.6 Å². The first-order valence-electron chi connectivity index (χ1n) is 5.54. The largest absolute Gasteiger partial charge is 0.345 e. The Morgan fingerprint density at radius 1 is 1.55 bits per heavy atom. The molecule has 1 amide bonds. The van der Waals surface area contributed by atoms with Gasteiger partial charge >= 0.3 is 0 Å². The number of amides is 1. The predicted octanol–water partition coefficient (Wildman–Crippen LogP) is 1.42. The maximum atomic E-state index is 11.9. The third kappa shape index (κ3) is 3.18. The van der Waals surface area contributed by atoms with E-state index in [2.05, 4.69) is 31.3 Å². The van der Waals surface area contributed by atoms with E-state index in [1.807, 2.05) is 0 Å². The van der Waals surface area contributed by atoms with Crippen molar-refractivity contribution in [2.24, 2.45) is 7.05 Å². The van der Waals surface area contributed by atoms with Gasteiger partial charge in [0.2, 0.25) is 0 Å². The molecule has 0 radical (unpaired) electrons. The minimum atomic E-state index is -0.554. The van der Waals surface area contributed by atoms with Crippen molar-refractivity contribution in [3.8, 4) is 0 Å². The van der Waals surface area contributed by atoms with Crippen LogP contribution in [0.3, 0.4) is 0 Å². The molecule has 1 heterocycles. The van der Waals surface area contributed by atoms with E-state index in [9.17, 15) is 14.9 Å². The molecule has 2 rings (SSSR count). The van der Waals surface area contributed by atoms with Crippen LogP contribution in [0.1, 0.15) is 16.2 Å². The Hall–Kier alpha value is -2.29. The minimum absolute atomic E-state index is 0.156. The number of nitrogens with one attached hydrogen (secondary N) is 1. The maximum absolute atomic E-state index is 11.9. The van der Waals surface area contributed by atoms with Gasteiger partial charge in [-0.15, -0.1) is 0 Å². The van der Waals surface area contributed by atoms with Crippen LogP contribution in [0, 0.1) is 10.1 Å². The van der Waals surface area contributed by atoms with E-state index in [-0.39, 0.29) is 17.8 Å². The van der Waals surface area contributed by atoms with Crippen molar-refractivity contribution < 1.29 is 9.72 Å². The zero-order valence-electron chi connectivity index (χ0n) is 10.4. The smallest absolute Gasteiger partial charge is 0.284 e. The lowest BCUT2D eigenvalue weighted by Crippen LogP contribution is -2.23. The lowest BCUT2D eigenvalue weighted by atomic mass is 10.2. The Labute approximate surface area is 122 Å². The summed E-state index contributed by atoms with van der Waals surface area (Å²) in [6, 6.07) is 4.18. The Kier molecular flexibility index (Phi) is 4.08. The molecule has 1 aromatic heterocycles. The van der Waals surface area contributed by atoms with Gasteiger partial charge in [-0.2, -0.15) is 5.10 Å². The molecule has 0 atom stereocenters. The molecule has 1 aromatic carbocycles. The Morgan fingerprint density at radius 2 is 2.30 bits per heavy atom. The van der Waals surface area contributed by atoms with Crippen LogP contribution in [-0.2, 0) is 13.6 Å². The van der Waals surface area contributed by atoms with Crippen LogP contribution < -0.4 is 5.32 Å². The van der Waals surface area contributed by atoms with Crippen LogP contribution >= 0.6 is 15.9 Å². The fourth-order valence-electron chi connectivity index (χ4n) is 1.52. The fourth-order valence-corrected chi connectivity index (χ4v) is 1.91. The second kappa shape index (κ2) is 5.78. The first-order chi connectivity index (χ1) is 9.47. The molecule has 20 heavy (non-hydrogen) atoms. The molecule has 104 valence electrons. The molecule has 0 saturated carbocycles. The number of carbonyl (C=O) groups excluding carboxylic acids is 1. The molecular formula is C11H10BrN5O3. The average molecular weight is 340 g/mol. The molecule has 0 spiro atoms. The van der Waals surface area contributed by atoms with E-state index < -0.39 is 10.8 Å². The summed E-state index contributed by atoms with van der Waals surface area (Å²) in [5.74, 6) is 0.0421. The van der Waals surface area contributed by atoms with E-state index >= 15 is 0 Å². The van der Waals surface area contributed by atoms with Crippen LogP contribution in [0.2, 0.25) is 0 Å². The summed E-state index contributed by atoms with van der Waals surface area (Å²) < 4.78 is 1.84. The molecule has 9 heteroatoms. The quantitative estimate of drug-likeness (QED) is 0.670. The van der Waals surface area contributed by atoms with Gasteiger partial charge < -0.3 is 5.32 Å². The minimum Gasteiger partial charge on any atom is -0.345 e. The number of hydrogen-bond donors (Lipinski definition) is 1.